The van der Waals surface area contributed by atoms with Gasteiger partial charge in [-0.3, -0.25) is 0 Å². The van der Waals surface area contributed by atoms with Crippen molar-refractivity contribution in [1.82, 2.24) is 0 Å². The molecule has 22 heavy (non-hydrogen) atoms. The highest BCUT2D eigenvalue weighted by Crippen LogP contribution is 2.09. The molecule has 0 saturated carbocycles. The molecule has 4 heteroatoms. The first-order chi connectivity index (χ1) is 10.3. The number of halogens is 1. The molecule has 2 aromatic carbocycles. The van der Waals surface area contributed by atoms with Crippen molar-refractivity contribution in [3.8, 4) is 0 Å². The Balaban J connectivity index is 0.000000224. The lowest BCUT2D eigenvalue weighted by molar-refractivity contribution is -0.901. The van der Waals surface area contributed by atoms with Crippen LogP contribution in [0, 0.1) is 0 Å². The molecule has 118 valence electrons. The molecular formula is C18H22ClNO2. The number of benzene rings is 2. The molecule has 2 rings (SSSR count). The normalized spacial score (nSPS) is 10.5. The van der Waals surface area contributed by atoms with E-state index in [2.05, 4.69) is 51.4 Å². The fourth-order valence-corrected chi connectivity index (χ4v) is 2.00. The maximum Gasteiger partial charge on any atom is 0.104 e. The second-order valence-corrected chi connectivity index (χ2v) is 6.13. The van der Waals surface area contributed by atoms with Crippen LogP contribution in [-0.2, 0) is 6.54 Å². The second kappa shape index (κ2) is 8.57. The third-order valence-electron chi connectivity index (χ3n) is 3.37. The molecule has 0 aliphatic carbocycles. The van der Waals surface area contributed by atoms with Crippen molar-refractivity contribution >= 4 is 17.6 Å². The van der Waals surface area contributed by atoms with Gasteiger partial charge in [0.1, 0.15) is 6.54 Å². The number of carboxylic acids is 1. The molecule has 0 aliphatic heterocycles. The van der Waals surface area contributed by atoms with Crippen LogP contribution in [0.15, 0.2) is 54.6 Å². The minimum Gasteiger partial charge on any atom is -0.545 e. The van der Waals surface area contributed by atoms with Crippen LogP contribution in [0.4, 0.5) is 0 Å². The summed E-state index contributed by atoms with van der Waals surface area (Å²) in [7, 11) is 4.51. The van der Waals surface area contributed by atoms with E-state index < -0.39 is 5.97 Å². The molecule has 0 fully saturated rings. The van der Waals surface area contributed by atoms with Crippen molar-refractivity contribution < 1.29 is 14.4 Å². The predicted molar refractivity (Wildman–Crippen MR) is 88.6 cm³/mol. The first-order valence-corrected chi connectivity index (χ1v) is 7.54. The molecule has 3 nitrogen and oxygen atoms in total. The predicted octanol–water partition coefficient (Wildman–Crippen LogP) is 2.99. The number of carbonyl (C=O) groups is 1. The van der Waals surface area contributed by atoms with Gasteiger partial charge in [0, 0.05) is 10.6 Å². The third-order valence-corrected chi connectivity index (χ3v) is 3.60. The second-order valence-electron chi connectivity index (χ2n) is 5.69. The van der Waals surface area contributed by atoms with Crippen LogP contribution in [0.2, 0.25) is 5.02 Å². The van der Waals surface area contributed by atoms with E-state index in [1.807, 2.05) is 0 Å². The molecule has 0 spiro atoms. The van der Waals surface area contributed by atoms with Gasteiger partial charge in [0.15, 0.2) is 0 Å². The van der Waals surface area contributed by atoms with E-state index in [9.17, 15) is 9.90 Å². The minimum absolute atomic E-state index is 0.104. The van der Waals surface area contributed by atoms with Crippen molar-refractivity contribution in [2.24, 2.45) is 0 Å². The van der Waals surface area contributed by atoms with Crippen molar-refractivity contribution in [3.05, 3.63) is 70.7 Å². The molecule has 0 N–H and O–H groups in total. The number of quaternary nitrogens is 1. The Morgan fingerprint density at radius 1 is 1.09 bits per heavy atom. The van der Waals surface area contributed by atoms with Crippen LogP contribution in [0.1, 0.15) is 22.8 Å². The van der Waals surface area contributed by atoms with Gasteiger partial charge in [-0.05, 0) is 24.6 Å². The largest absolute Gasteiger partial charge is 0.545 e. The molecule has 0 heterocycles. The van der Waals surface area contributed by atoms with Gasteiger partial charge < -0.3 is 14.4 Å². The van der Waals surface area contributed by atoms with Gasteiger partial charge in [-0.2, -0.15) is 0 Å². The van der Waals surface area contributed by atoms with Gasteiger partial charge in [-0.25, -0.2) is 0 Å². The summed E-state index contributed by atoms with van der Waals surface area (Å²) in [5, 5.41) is 10.6. The number of rotatable bonds is 4. The summed E-state index contributed by atoms with van der Waals surface area (Å²) in [6.45, 7) is 4.52. The first-order valence-electron chi connectivity index (χ1n) is 7.17. The van der Waals surface area contributed by atoms with E-state index >= 15 is 0 Å². The number of carbonyl (C=O) groups excluding carboxylic acids is 1. The molecule has 2 aromatic rings. The molecule has 0 atom stereocenters. The van der Waals surface area contributed by atoms with Crippen LogP contribution in [0.5, 0.6) is 0 Å². The highest BCUT2D eigenvalue weighted by molar-refractivity contribution is 6.30. The smallest absolute Gasteiger partial charge is 0.104 e. The number of nitrogens with zero attached hydrogens (tertiary/aromatic N) is 1. The van der Waals surface area contributed by atoms with Crippen molar-refractivity contribution in [2.45, 2.75) is 13.5 Å². The Bertz CT molecular complexity index is 597. The summed E-state index contributed by atoms with van der Waals surface area (Å²) in [5.41, 5.74) is 1.52. The Hall–Kier alpha value is -1.84. The zero-order valence-electron chi connectivity index (χ0n) is 13.3. The fraction of sp³-hybridized carbons (Fsp3) is 0.278. The Labute approximate surface area is 137 Å². The van der Waals surface area contributed by atoms with Crippen LogP contribution in [-0.4, -0.2) is 31.1 Å². The maximum absolute atomic E-state index is 10.2. The van der Waals surface area contributed by atoms with Crippen molar-refractivity contribution in [1.29, 1.82) is 0 Å². The first kappa shape index (κ1) is 18.2. The Kier molecular flexibility index (Phi) is 7.09. The van der Waals surface area contributed by atoms with E-state index in [-0.39, 0.29) is 5.56 Å². The zero-order chi connectivity index (χ0) is 16.6. The number of aromatic carboxylic acids is 1. The molecule has 0 radical (unpaired) electrons. The lowest BCUT2D eigenvalue weighted by Gasteiger charge is -2.28. The number of hydrogen-bond donors (Lipinski definition) is 0. The Morgan fingerprint density at radius 2 is 1.73 bits per heavy atom. The van der Waals surface area contributed by atoms with Crippen LogP contribution in [0.25, 0.3) is 0 Å². The average Bonchev–Trinajstić information content (AvgIpc) is 2.48. The molecule has 0 saturated heterocycles. The summed E-state index contributed by atoms with van der Waals surface area (Å²) in [4.78, 5) is 10.2. The molecule has 0 amide bonds. The van der Waals surface area contributed by atoms with Gasteiger partial charge in [-0.1, -0.05) is 54.1 Å². The Morgan fingerprint density at radius 3 is 2.18 bits per heavy atom. The third kappa shape index (κ3) is 6.74. The van der Waals surface area contributed by atoms with Gasteiger partial charge >= 0.3 is 0 Å². The maximum atomic E-state index is 10.2. The highest BCUT2D eigenvalue weighted by atomic mass is 35.5. The van der Waals surface area contributed by atoms with E-state index in [1.165, 1.54) is 24.2 Å². The highest BCUT2D eigenvalue weighted by Gasteiger charge is 2.11. The van der Waals surface area contributed by atoms with Crippen LogP contribution >= 0.6 is 11.6 Å². The fourth-order valence-electron chi connectivity index (χ4n) is 1.80. The van der Waals surface area contributed by atoms with Crippen LogP contribution < -0.4 is 5.11 Å². The van der Waals surface area contributed by atoms with E-state index in [1.54, 1.807) is 12.1 Å². The van der Waals surface area contributed by atoms with E-state index in [0.717, 1.165) is 11.0 Å². The molecule has 0 unspecified atom stereocenters. The SMILES string of the molecule is CC[N+](C)(C)Cc1ccccc1.O=C([O-])c1cccc(Cl)c1. The molecular weight excluding hydrogens is 298 g/mol. The van der Waals surface area contributed by atoms with Gasteiger partial charge in [0.05, 0.1) is 26.6 Å². The molecule has 0 bridgehead atoms. The van der Waals surface area contributed by atoms with E-state index in [0.29, 0.717) is 5.02 Å². The van der Waals surface area contributed by atoms with Crippen LogP contribution in [0.3, 0.4) is 0 Å². The number of hydrogen-bond acceptors (Lipinski definition) is 2. The van der Waals surface area contributed by atoms with Crippen molar-refractivity contribution in [3.63, 3.8) is 0 Å². The van der Waals surface area contributed by atoms with Gasteiger partial charge in [-0.15, -0.1) is 0 Å². The lowest BCUT2D eigenvalue weighted by Crippen LogP contribution is -2.38. The topological polar surface area (TPSA) is 40.1 Å². The summed E-state index contributed by atoms with van der Waals surface area (Å²) >= 11 is 5.50. The summed E-state index contributed by atoms with van der Waals surface area (Å²) < 4.78 is 1.06. The summed E-state index contributed by atoms with van der Waals surface area (Å²) in [6.07, 6.45) is 0. The monoisotopic (exact) mass is 319 g/mol. The lowest BCUT2D eigenvalue weighted by atomic mass is 10.2. The summed E-state index contributed by atoms with van der Waals surface area (Å²) in [6, 6.07) is 16.6. The van der Waals surface area contributed by atoms with E-state index in [4.69, 9.17) is 11.6 Å². The zero-order valence-corrected chi connectivity index (χ0v) is 14.0. The molecule has 0 aliphatic rings. The van der Waals surface area contributed by atoms with Crippen molar-refractivity contribution in [2.75, 3.05) is 20.6 Å². The average molecular weight is 320 g/mol. The van der Waals surface area contributed by atoms with Gasteiger partial charge in [0.25, 0.3) is 0 Å². The number of carboxylic acid groups (broad SMARTS) is 1. The minimum atomic E-state index is -1.21. The van der Waals surface area contributed by atoms with Gasteiger partial charge in [0.2, 0.25) is 0 Å². The molecule has 0 aromatic heterocycles. The standard InChI is InChI=1S/C11H18N.C7H5ClO2/c1-4-12(2,3)10-11-8-6-5-7-9-11;8-6-3-1-2-5(4-6)7(9)10/h5-9H,4,10H2,1-3H3;1-4H,(H,9,10)/q+1;/p-1. The quantitative estimate of drug-likeness (QED) is 0.813. The summed E-state index contributed by atoms with van der Waals surface area (Å²) in [5.74, 6) is -1.21.